The number of aryl methyl sites for hydroxylation is 1. The molecule has 0 bridgehead atoms. The summed E-state index contributed by atoms with van der Waals surface area (Å²) in [6.07, 6.45) is 5.16. The van der Waals surface area contributed by atoms with Crippen LogP contribution in [0.1, 0.15) is 46.8 Å². The molecule has 1 N–H and O–H groups in total. The summed E-state index contributed by atoms with van der Waals surface area (Å²) in [5, 5.41) is 4.09. The normalized spacial score (nSPS) is 10.8. The Kier molecular flexibility index (Phi) is 7.34. The smallest absolute Gasteiger partial charge is 0.337 e. The minimum Gasteiger partial charge on any atom is -0.496 e. The molecule has 0 saturated carbocycles. The molecule has 0 saturated heterocycles. The molecule has 3 rings (SSSR count). The Morgan fingerprint density at radius 2 is 1.87 bits per heavy atom. The Bertz CT molecular complexity index is 1080. The quantitative estimate of drug-likeness (QED) is 0.418. The molecule has 0 aliphatic rings. The third-order valence-electron chi connectivity index (χ3n) is 5.44. The van der Waals surface area contributed by atoms with Crippen molar-refractivity contribution in [3.8, 4) is 5.75 Å². The second kappa shape index (κ2) is 10.2. The van der Waals surface area contributed by atoms with E-state index in [0.717, 1.165) is 47.0 Å². The van der Waals surface area contributed by atoms with Crippen LogP contribution in [0.25, 0.3) is 10.9 Å². The lowest BCUT2D eigenvalue weighted by Crippen LogP contribution is -2.25. The highest BCUT2D eigenvalue weighted by atomic mass is 16.5. The number of aromatic nitrogens is 1. The van der Waals surface area contributed by atoms with Crippen LogP contribution in [0.2, 0.25) is 0 Å². The summed E-state index contributed by atoms with van der Waals surface area (Å²) >= 11 is 0. The maximum atomic E-state index is 12.2. The molecular formula is C25H30N2O4. The number of amides is 1. The van der Waals surface area contributed by atoms with E-state index in [4.69, 9.17) is 9.47 Å². The first kappa shape index (κ1) is 22.4. The first-order chi connectivity index (χ1) is 15.0. The number of hydrogen-bond acceptors (Lipinski definition) is 4. The van der Waals surface area contributed by atoms with Crippen molar-refractivity contribution >= 4 is 22.8 Å². The minimum absolute atomic E-state index is 0.0466. The van der Waals surface area contributed by atoms with Crippen molar-refractivity contribution in [1.29, 1.82) is 0 Å². The summed E-state index contributed by atoms with van der Waals surface area (Å²) in [6.45, 7) is 2.82. The molecule has 0 aliphatic heterocycles. The Labute approximate surface area is 183 Å². The molecule has 6 nitrogen and oxygen atoms in total. The number of rotatable bonds is 9. The third-order valence-corrected chi connectivity index (χ3v) is 5.44. The van der Waals surface area contributed by atoms with Gasteiger partial charge in [-0.25, -0.2) is 4.79 Å². The largest absolute Gasteiger partial charge is 0.496 e. The van der Waals surface area contributed by atoms with Gasteiger partial charge in [0.15, 0.2) is 0 Å². The molecule has 0 fully saturated rings. The van der Waals surface area contributed by atoms with Crippen molar-refractivity contribution in [1.82, 2.24) is 9.88 Å². The molecular weight excluding hydrogens is 392 g/mol. The van der Waals surface area contributed by atoms with Crippen LogP contribution in [0.4, 0.5) is 0 Å². The van der Waals surface area contributed by atoms with E-state index in [9.17, 15) is 9.59 Å². The van der Waals surface area contributed by atoms with Gasteiger partial charge in [0.25, 0.3) is 0 Å². The first-order valence-electron chi connectivity index (χ1n) is 10.6. The standard InChI is InChI=1S/C25H30N2O4/c1-5-6-11-26-24(28)13-17-7-10-22-21(12-17)20(16-27(22)2)14-18-8-9-19(25(29)31-4)15-23(18)30-3/h7-10,12,15-16H,5-6,11,13-14H2,1-4H3,(H,26,28). The van der Waals surface area contributed by atoms with Gasteiger partial charge in [0.05, 0.1) is 26.2 Å². The van der Waals surface area contributed by atoms with Crippen molar-refractivity contribution < 1.29 is 19.1 Å². The van der Waals surface area contributed by atoms with Crippen molar-refractivity contribution in [2.24, 2.45) is 7.05 Å². The predicted octanol–water partition coefficient (Wildman–Crippen LogP) is 4.02. The topological polar surface area (TPSA) is 69.6 Å². The average Bonchev–Trinajstić information content (AvgIpc) is 3.08. The van der Waals surface area contributed by atoms with E-state index in [-0.39, 0.29) is 5.91 Å². The zero-order chi connectivity index (χ0) is 22.4. The fourth-order valence-electron chi connectivity index (χ4n) is 3.76. The highest BCUT2D eigenvalue weighted by Crippen LogP contribution is 2.29. The highest BCUT2D eigenvalue weighted by Gasteiger charge is 2.14. The summed E-state index contributed by atoms with van der Waals surface area (Å²) in [6, 6.07) is 11.5. The Balaban J connectivity index is 1.87. The molecule has 0 radical (unpaired) electrons. The molecule has 0 aliphatic carbocycles. The van der Waals surface area contributed by atoms with E-state index in [1.807, 2.05) is 19.2 Å². The van der Waals surface area contributed by atoms with Gasteiger partial charge in [0.2, 0.25) is 5.91 Å². The maximum absolute atomic E-state index is 12.2. The fraction of sp³-hybridized carbons (Fsp3) is 0.360. The number of benzene rings is 2. The van der Waals surface area contributed by atoms with Crippen molar-refractivity contribution in [2.75, 3.05) is 20.8 Å². The van der Waals surface area contributed by atoms with E-state index in [1.165, 1.54) is 7.11 Å². The Morgan fingerprint density at radius 3 is 2.58 bits per heavy atom. The number of carbonyl (C=O) groups excluding carboxylic acids is 2. The van der Waals surface area contributed by atoms with Crippen molar-refractivity contribution in [3.05, 3.63) is 64.8 Å². The Morgan fingerprint density at radius 1 is 1.06 bits per heavy atom. The molecule has 1 amide bonds. The molecule has 1 heterocycles. The number of nitrogens with one attached hydrogen (secondary N) is 1. The number of carbonyl (C=O) groups is 2. The van der Waals surface area contributed by atoms with Gasteiger partial charge in [0, 0.05) is 37.1 Å². The van der Waals surface area contributed by atoms with Gasteiger partial charge in [-0.2, -0.15) is 0 Å². The average molecular weight is 423 g/mol. The van der Waals surface area contributed by atoms with Crippen LogP contribution < -0.4 is 10.1 Å². The van der Waals surface area contributed by atoms with Crippen LogP contribution in [-0.2, 0) is 29.4 Å². The number of fused-ring (bicyclic) bond motifs is 1. The molecule has 1 aromatic heterocycles. The van der Waals surface area contributed by atoms with E-state index >= 15 is 0 Å². The summed E-state index contributed by atoms with van der Waals surface area (Å²) in [5.74, 6) is 0.300. The highest BCUT2D eigenvalue weighted by molar-refractivity contribution is 5.90. The lowest BCUT2D eigenvalue weighted by molar-refractivity contribution is -0.120. The third kappa shape index (κ3) is 5.26. The van der Waals surface area contributed by atoms with Gasteiger partial charge >= 0.3 is 5.97 Å². The number of ether oxygens (including phenoxy) is 2. The SMILES string of the molecule is CCCCNC(=O)Cc1ccc2c(c1)c(Cc1ccc(C(=O)OC)cc1OC)cn2C. The number of methoxy groups -OCH3 is 2. The summed E-state index contributed by atoms with van der Waals surface area (Å²) < 4.78 is 12.4. The van der Waals surface area contributed by atoms with Crippen LogP contribution in [0, 0.1) is 0 Å². The Hall–Kier alpha value is -3.28. The predicted molar refractivity (Wildman–Crippen MR) is 122 cm³/mol. The lowest BCUT2D eigenvalue weighted by atomic mass is 10.00. The molecule has 0 spiro atoms. The van der Waals surface area contributed by atoms with Gasteiger partial charge in [0.1, 0.15) is 5.75 Å². The van der Waals surface area contributed by atoms with Crippen LogP contribution in [0.5, 0.6) is 5.75 Å². The maximum Gasteiger partial charge on any atom is 0.337 e. The molecule has 6 heteroatoms. The second-order valence-electron chi connectivity index (χ2n) is 7.69. The van der Waals surface area contributed by atoms with Crippen LogP contribution in [0.3, 0.4) is 0 Å². The molecule has 0 unspecified atom stereocenters. The lowest BCUT2D eigenvalue weighted by Gasteiger charge is -2.10. The molecule has 164 valence electrons. The van der Waals surface area contributed by atoms with E-state index in [2.05, 4.69) is 35.1 Å². The number of unbranched alkanes of at least 4 members (excludes halogenated alkanes) is 1. The van der Waals surface area contributed by atoms with E-state index < -0.39 is 5.97 Å². The number of hydrogen-bond donors (Lipinski definition) is 1. The summed E-state index contributed by atoms with van der Waals surface area (Å²) in [5.41, 5.74) is 4.66. The van der Waals surface area contributed by atoms with Gasteiger partial charge in [-0.1, -0.05) is 25.5 Å². The molecule has 31 heavy (non-hydrogen) atoms. The molecule has 2 aromatic carbocycles. The molecule has 3 aromatic rings. The van der Waals surface area contributed by atoms with Crippen LogP contribution in [0.15, 0.2) is 42.6 Å². The van der Waals surface area contributed by atoms with E-state index in [0.29, 0.717) is 24.2 Å². The van der Waals surface area contributed by atoms with Gasteiger partial charge in [-0.3, -0.25) is 4.79 Å². The van der Waals surface area contributed by atoms with Crippen molar-refractivity contribution in [2.45, 2.75) is 32.6 Å². The molecule has 0 atom stereocenters. The van der Waals surface area contributed by atoms with Crippen LogP contribution >= 0.6 is 0 Å². The van der Waals surface area contributed by atoms with Crippen LogP contribution in [-0.4, -0.2) is 37.2 Å². The fourth-order valence-corrected chi connectivity index (χ4v) is 3.76. The number of esters is 1. The van der Waals surface area contributed by atoms with E-state index in [1.54, 1.807) is 19.2 Å². The van der Waals surface area contributed by atoms with Crippen molar-refractivity contribution in [3.63, 3.8) is 0 Å². The monoisotopic (exact) mass is 422 g/mol. The van der Waals surface area contributed by atoms with Gasteiger partial charge in [-0.15, -0.1) is 0 Å². The first-order valence-corrected chi connectivity index (χ1v) is 10.6. The number of nitrogens with zero attached hydrogens (tertiary/aromatic N) is 1. The van der Waals surface area contributed by atoms with Gasteiger partial charge in [-0.05, 0) is 47.4 Å². The zero-order valence-corrected chi connectivity index (χ0v) is 18.7. The van der Waals surface area contributed by atoms with Gasteiger partial charge < -0.3 is 19.4 Å². The minimum atomic E-state index is -0.392. The zero-order valence-electron chi connectivity index (χ0n) is 18.7. The summed E-state index contributed by atoms with van der Waals surface area (Å²) in [7, 11) is 4.97. The summed E-state index contributed by atoms with van der Waals surface area (Å²) in [4.78, 5) is 24.1. The second-order valence-corrected chi connectivity index (χ2v) is 7.69.